The third-order valence-electron chi connectivity index (χ3n) is 0.936. The highest BCUT2D eigenvalue weighted by atomic mass is 16.4. The normalized spacial score (nSPS) is 7.45. The molecule has 4 heteroatoms. The highest BCUT2D eigenvalue weighted by molar-refractivity contribution is 6.08. The van der Waals surface area contributed by atoms with Gasteiger partial charge in [0.1, 0.15) is 6.29 Å². The van der Waals surface area contributed by atoms with Gasteiger partial charge in [0.05, 0.1) is 0 Å². The fourth-order valence-electron chi connectivity index (χ4n) is 0.532. The number of aldehydes is 1. The summed E-state index contributed by atoms with van der Waals surface area (Å²) in [5, 5.41) is 16.5. The van der Waals surface area contributed by atoms with Gasteiger partial charge in [-0.05, 0) is 0 Å². The summed E-state index contributed by atoms with van der Waals surface area (Å²) in [7, 11) is -0.500. The van der Waals surface area contributed by atoms with Crippen LogP contribution in [0.2, 0.25) is 0 Å². The van der Waals surface area contributed by atoms with Gasteiger partial charge in [-0.3, -0.25) is 4.79 Å². The number of hydrogen-bond acceptors (Lipinski definition) is 3. The number of benzene rings is 1. The van der Waals surface area contributed by atoms with Crippen LogP contribution in [-0.2, 0) is 0 Å². The lowest BCUT2D eigenvalue weighted by molar-refractivity contribution is -0.328. The molecule has 0 heterocycles. The molecule has 0 aliphatic carbocycles. The van der Waals surface area contributed by atoms with Crippen molar-refractivity contribution in [3.05, 3.63) is 35.9 Å². The smallest absolute Gasteiger partial charge is 0.150 e. The van der Waals surface area contributed by atoms with Gasteiger partial charge < -0.3 is 10.0 Å². The molecule has 0 bridgehead atoms. The lowest BCUT2D eigenvalue weighted by Gasteiger charge is -2.01. The molecule has 0 atom stereocenters. The molecular weight excluding hydrogens is 143 g/mol. The standard InChI is InChI=1S/C7H6O.BO2/c8-6-7-4-2-1-3-5-7;2-1-3/h1-6H;/q;-2. The summed E-state index contributed by atoms with van der Waals surface area (Å²) in [5.74, 6) is 0. The lowest BCUT2D eigenvalue weighted by atomic mass is 10.2. The third kappa shape index (κ3) is 5.33. The first-order valence-electron chi connectivity index (χ1n) is 2.91. The molecule has 57 valence electrons. The van der Waals surface area contributed by atoms with Crippen LogP contribution in [0.15, 0.2) is 30.3 Å². The number of carbonyl (C=O) groups excluding carboxylic acids is 1. The third-order valence-corrected chi connectivity index (χ3v) is 0.936. The zero-order chi connectivity index (χ0) is 8.53. The van der Waals surface area contributed by atoms with Crippen molar-refractivity contribution < 1.29 is 14.8 Å². The average Bonchev–Trinajstić information content (AvgIpc) is 2.08. The van der Waals surface area contributed by atoms with Crippen LogP contribution in [0.25, 0.3) is 0 Å². The fraction of sp³-hybridized carbons (Fsp3) is 0. The maximum atomic E-state index is 10.0. The Bertz CT molecular complexity index is 188. The van der Waals surface area contributed by atoms with Crippen LogP contribution in [0.4, 0.5) is 0 Å². The molecule has 0 unspecified atom stereocenters. The first kappa shape index (κ1) is 9.87. The van der Waals surface area contributed by atoms with Crippen molar-refractivity contribution in [1.29, 1.82) is 0 Å². The molecule has 0 aromatic heterocycles. The Kier molecular flexibility index (Phi) is 6.27. The second kappa shape index (κ2) is 6.99. The molecule has 0 aliphatic heterocycles. The van der Waals surface area contributed by atoms with E-state index in [9.17, 15) is 4.79 Å². The van der Waals surface area contributed by atoms with E-state index in [1.165, 1.54) is 0 Å². The second-order valence-electron chi connectivity index (χ2n) is 1.62. The highest BCUT2D eigenvalue weighted by Crippen LogP contribution is 1.91. The summed E-state index contributed by atoms with van der Waals surface area (Å²) in [6.45, 7) is 0. The van der Waals surface area contributed by atoms with Crippen molar-refractivity contribution in [2.75, 3.05) is 0 Å². The van der Waals surface area contributed by atoms with Crippen molar-refractivity contribution in [1.82, 2.24) is 0 Å². The number of hydrogen-bond donors (Lipinski definition) is 0. The van der Waals surface area contributed by atoms with Crippen LogP contribution in [0.5, 0.6) is 0 Å². The van der Waals surface area contributed by atoms with Gasteiger partial charge in [-0.1, -0.05) is 30.3 Å². The van der Waals surface area contributed by atoms with Gasteiger partial charge in [-0.2, -0.15) is 0 Å². The predicted octanol–water partition coefficient (Wildman–Crippen LogP) is -1.26. The lowest BCUT2D eigenvalue weighted by Crippen LogP contribution is -2.26. The van der Waals surface area contributed by atoms with Crippen LogP contribution in [0.3, 0.4) is 0 Å². The van der Waals surface area contributed by atoms with E-state index in [-0.39, 0.29) is 0 Å². The zero-order valence-corrected chi connectivity index (χ0v) is 5.77. The van der Waals surface area contributed by atoms with Gasteiger partial charge in [-0.25, -0.2) is 7.69 Å². The Morgan fingerprint density at radius 1 is 1.18 bits per heavy atom. The summed E-state index contributed by atoms with van der Waals surface area (Å²) in [4.78, 5) is 10.0. The maximum absolute atomic E-state index is 10.0. The highest BCUT2D eigenvalue weighted by Gasteiger charge is 1.79. The summed E-state index contributed by atoms with van der Waals surface area (Å²) in [6, 6.07) is 9.10. The topological polar surface area (TPSA) is 63.2 Å². The summed E-state index contributed by atoms with van der Waals surface area (Å²) in [5.41, 5.74) is 0.729. The van der Waals surface area contributed by atoms with Gasteiger partial charge in [0.25, 0.3) is 0 Å². The quantitative estimate of drug-likeness (QED) is 0.369. The van der Waals surface area contributed by atoms with Crippen LogP contribution < -0.4 is 10.0 Å². The molecule has 0 saturated carbocycles. The first-order valence-corrected chi connectivity index (χ1v) is 2.91. The van der Waals surface area contributed by atoms with E-state index >= 15 is 0 Å². The van der Waals surface area contributed by atoms with Crippen molar-refractivity contribution in [3.63, 3.8) is 0 Å². The Balaban J connectivity index is 0.000000292. The van der Waals surface area contributed by atoms with E-state index in [0.29, 0.717) is 0 Å². The first-order chi connectivity index (χ1) is 5.35. The monoisotopic (exact) mass is 149 g/mol. The zero-order valence-electron chi connectivity index (χ0n) is 5.77. The minimum absolute atomic E-state index is 0.500. The van der Waals surface area contributed by atoms with Crippen LogP contribution in [-0.4, -0.2) is 14.0 Å². The average molecular weight is 149 g/mol. The SMILES string of the molecule is O=Cc1ccccc1.[O-][B][O-]. The molecule has 0 saturated heterocycles. The van der Waals surface area contributed by atoms with E-state index in [1.54, 1.807) is 12.1 Å². The molecule has 1 rings (SSSR count). The molecule has 0 amide bonds. The van der Waals surface area contributed by atoms with Crippen molar-refractivity contribution in [2.24, 2.45) is 0 Å². The summed E-state index contributed by atoms with van der Waals surface area (Å²) in [6.07, 6.45) is 0.833. The van der Waals surface area contributed by atoms with Gasteiger partial charge >= 0.3 is 0 Å². The van der Waals surface area contributed by atoms with Crippen LogP contribution >= 0.6 is 0 Å². The minimum atomic E-state index is -0.500. The Morgan fingerprint density at radius 2 is 1.64 bits per heavy atom. The van der Waals surface area contributed by atoms with E-state index in [1.807, 2.05) is 18.2 Å². The molecule has 0 fully saturated rings. The van der Waals surface area contributed by atoms with Crippen molar-refractivity contribution in [3.8, 4) is 0 Å². The van der Waals surface area contributed by atoms with E-state index in [2.05, 4.69) is 0 Å². The molecule has 1 radical (unpaired) electrons. The second-order valence-corrected chi connectivity index (χ2v) is 1.62. The molecule has 1 aromatic rings. The predicted molar refractivity (Wildman–Crippen MR) is 37.6 cm³/mol. The molecule has 11 heavy (non-hydrogen) atoms. The van der Waals surface area contributed by atoms with Crippen molar-refractivity contribution in [2.45, 2.75) is 0 Å². The molecular formula is C7H6BO3-2. The summed E-state index contributed by atoms with van der Waals surface area (Å²) >= 11 is 0. The number of rotatable bonds is 1. The fourth-order valence-corrected chi connectivity index (χ4v) is 0.532. The Hall–Kier alpha value is -1.13. The van der Waals surface area contributed by atoms with Gasteiger partial charge in [0.2, 0.25) is 0 Å². The molecule has 0 aliphatic rings. The van der Waals surface area contributed by atoms with Gasteiger partial charge in [0.15, 0.2) is 0 Å². The number of carbonyl (C=O) groups is 1. The van der Waals surface area contributed by atoms with Crippen molar-refractivity contribution >= 4 is 14.0 Å². The van der Waals surface area contributed by atoms with E-state index in [4.69, 9.17) is 10.0 Å². The maximum Gasteiger partial charge on any atom is 0.150 e. The molecule has 0 spiro atoms. The Labute approximate surface area is 65.6 Å². The molecule has 1 aromatic carbocycles. The van der Waals surface area contributed by atoms with E-state index in [0.717, 1.165) is 11.8 Å². The summed E-state index contributed by atoms with van der Waals surface area (Å²) < 4.78 is 0. The Morgan fingerprint density at radius 3 is 1.91 bits per heavy atom. The van der Waals surface area contributed by atoms with Gasteiger partial charge in [0, 0.05) is 5.56 Å². The van der Waals surface area contributed by atoms with Crippen LogP contribution in [0, 0.1) is 0 Å². The minimum Gasteiger partial charge on any atom is -0.900 e. The van der Waals surface area contributed by atoms with Crippen LogP contribution in [0.1, 0.15) is 10.4 Å². The van der Waals surface area contributed by atoms with E-state index < -0.39 is 7.69 Å². The molecule has 0 N–H and O–H groups in total. The van der Waals surface area contributed by atoms with Gasteiger partial charge in [-0.15, -0.1) is 0 Å². The molecule has 3 nitrogen and oxygen atoms in total. The largest absolute Gasteiger partial charge is 0.900 e.